The maximum absolute atomic E-state index is 11.9. The Morgan fingerprint density at radius 2 is 1.96 bits per heavy atom. The molecular weight excluding hydrogens is 314 g/mol. The smallest absolute Gasteiger partial charge is 0.335 e. The summed E-state index contributed by atoms with van der Waals surface area (Å²) >= 11 is 0. The van der Waals surface area contributed by atoms with Gasteiger partial charge in [-0.1, -0.05) is 0 Å². The van der Waals surface area contributed by atoms with E-state index in [9.17, 15) is 9.59 Å². The molecule has 0 bridgehead atoms. The van der Waals surface area contributed by atoms with E-state index < -0.39 is 18.0 Å². The van der Waals surface area contributed by atoms with Gasteiger partial charge in [0, 0.05) is 18.4 Å². The van der Waals surface area contributed by atoms with Crippen molar-refractivity contribution >= 4 is 17.6 Å². The van der Waals surface area contributed by atoms with Crippen LogP contribution in [0.3, 0.4) is 0 Å². The summed E-state index contributed by atoms with van der Waals surface area (Å²) in [4.78, 5) is 23.6. The molecule has 2 rings (SSSR count). The van der Waals surface area contributed by atoms with Crippen molar-refractivity contribution in [2.45, 2.75) is 32.8 Å². The van der Waals surface area contributed by atoms with Crippen LogP contribution in [0, 0.1) is 0 Å². The molecule has 1 fully saturated rings. The second-order valence-electron chi connectivity index (χ2n) is 5.19. The predicted octanol–water partition coefficient (Wildman–Crippen LogP) is 2.14. The van der Waals surface area contributed by atoms with Gasteiger partial charge in [-0.25, -0.2) is 4.79 Å². The van der Waals surface area contributed by atoms with Gasteiger partial charge in [0.1, 0.15) is 0 Å². The van der Waals surface area contributed by atoms with Gasteiger partial charge in [-0.2, -0.15) is 0 Å². The molecule has 1 heterocycles. The average molecular weight is 337 g/mol. The first-order chi connectivity index (χ1) is 11.6. The molecule has 1 aromatic carbocycles. The third kappa shape index (κ3) is 5.13. The summed E-state index contributed by atoms with van der Waals surface area (Å²) in [7, 11) is 0. The fraction of sp³-hybridized carbons (Fsp3) is 0.529. The molecule has 1 saturated heterocycles. The molecule has 1 aromatic rings. The van der Waals surface area contributed by atoms with Crippen LogP contribution in [0.25, 0.3) is 0 Å². The van der Waals surface area contributed by atoms with E-state index in [2.05, 4.69) is 5.32 Å². The van der Waals surface area contributed by atoms with Crippen molar-refractivity contribution in [1.29, 1.82) is 0 Å². The Hall–Kier alpha value is -2.28. The molecule has 1 amide bonds. The van der Waals surface area contributed by atoms with Gasteiger partial charge in [0.2, 0.25) is 0 Å². The molecule has 7 heteroatoms. The van der Waals surface area contributed by atoms with Crippen LogP contribution in [0.2, 0.25) is 0 Å². The van der Waals surface area contributed by atoms with Crippen molar-refractivity contribution in [2.24, 2.45) is 0 Å². The zero-order chi connectivity index (χ0) is 17.4. The van der Waals surface area contributed by atoms with Gasteiger partial charge < -0.3 is 24.3 Å². The lowest BCUT2D eigenvalue weighted by molar-refractivity contribution is -0.156. The van der Waals surface area contributed by atoms with Crippen molar-refractivity contribution in [3.8, 4) is 11.5 Å². The average Bonchev–Trinajstić information content (AvgIpc) is 3.10. The highest BCUT2D eigenvalue weighted by atomic mass is 16.6. The number of hydrogen-bond acceptors (Lipinski definition) is 6. The molecule has 0 unspecified atom stereocenters. The first-order valence-electron chi connectivity index (χ1n) is 8.11. The van der Waals surface area contributed by atoms with Crippen molar-refractivity contribution in [3.63, 3.8) is 0 Å². The van der Waals surface area contributed by atoms with Gasteiger partial charge in [-0.05, 0) is 38.8 Å². The van der Waals surface area contributed by atoms with Crippen LogP contribution in [-0.2, 0) is 19.1 Å². The Morgan fingerprint density at radius 1 is 1.21 bits per heavy atom. The van der Waals surface area contributed by atoms with Crippen LogP contribution in [0.15, 0.2) is 18.2 Å². The molecule has 132 valence electrons. The summed E-state index contributed by atoms with van der Waals surface area (Å²) in [6.07, 6.45) is 0.919. The summed E-state index contributed by atoms with van der Waals surface area (Å²) < 4.78 is 21.1. The number of hydrogen-bond donors (Lipinski definition) is 1. The molecular formula is C17H23NO6. The standard InChI is InChI=1S/C17H23NO6/c1-3-21-13-8-7-12(10-15(13)22-4-2)18-16(19)11-24-17(20)14-6-5-9-23-14/h7-8,10,14H,3-6,9,11H2,1-2H3,(H,18,19)/t14-/m0/s1. The third-order valence-electron chi connectivity index (χ3n) is 3.37. The number of anilines is 1. The molecule has 24 heavy (non-hydrogen) atoms. The number of esters is 1. The number of benzene rings is 1. The third-order valence-corrected chi connectivity index (χ3v) is 3.37. The number of nitrogens with one attached hydrogen (secondary N) is 1. The predicted molar refractivity (Wildman–Crippen MR) is 87.3 cm³/mol. The summed E-state index contributed by atoms with van der Waals surface area (Å²) in [5.41, 5.74) is 0.542. The zero-order valence-corrected chi connectivity index (χ0v) is 14.0. The van der Waals surface area contributed by atoms with E-state index in [1.165, 1.54) is 0 Å². The Balaban J connectivity index is 1.88. The second kappa shape index (κ2) is 9.12. The fourth-order valence-corrected chi connectivity index (χ4v) is 2.32. The van der Waals surface area contributed by atoms with Crippen molar-refractivity contribution in [1.82, 2.24) is 0 Å². The molecule has 0 radical (unpaired) electrons. The molecule has 1 aliphatic rings. The quantitative estimate of drug-likeness (QED) is 0.732. The molecule has 7 nitrogen and oxygen atoms in total. The number of ether oxygens (including phenoxy) is 4. The monoisotopic (exact) mass is 337 g/mol. The lowest BCUT2D eigenvalue weighted by Gasteiger charge is -2.13. The molecule has 1 aliphatic heterocycles. The normalized spacial score (nSPS) is 16.5. The summed E-state index contributed by atoms with van der Waals surface area (Å²) in [6, 6.07) is 5.10. The maximum atomic E-state index is 11.9. The molecule has 1 N–H and O–H groups in total. The van der Waals surface area contributed by atoms with E-state index in [0.717, 1.165) is 6.42 Å². The molecule has 0 aromatic heterocycles. The van der Waals surface area contributed by atoms with E-state index in [4.69, 9.17) is 18.9 Å². The summed E-state index contributed by atoms with van der Waals surface area (Å²) in [5, 5.41) is 2.66. The topological polar surface area (TPSA) is 83.1 Å². The van der Waals surface area contributed by atoms with Crippen LogP contribution in [-0.4, -0.2) is 44.4 Å². The molecule has 1 atom stereocenters. The zero-order valence-electron chi connectivity index (χ0n) is 14.0. The van der Waals surface area contributed by atoms with Crippen molar-refractivity contribution < 1.29 is 28.5 Å². The van der Waals surface area contributed by atoms with Gasteiger partial charge in [0.15, 0.2) is 24.2 Å². The molecule has 0 aliphatic carbocycles. The van der Waals surface area contributed by atoms with E-state index in [1.807, 2.05) is 13.8 Å². The lowest BCUT2D eigenvalue weighted by atomic mass is 10.2. The minimum Gasteiger partial charge on any atom is -0.490 e. The Morgan fingerprint density at radius 3 is 2.62 bits per heavy atom. The lowest BCUT2D eigenvalue weighted by Crippen LogP contribution is -2.27. The van der Waals surface area contributed by atoms with E-state index in [-0.39, 0.29) is 6.61 Å². The van der Waals surface area contributed by atoms with Gasteiger partial charge in [0.05, 0.1) is 13.2 Å². The number of rotatable bonds is 8. The van der Waals surface area contributed by atoms with Gasteiger partial charge in [0.25, 0.3) is 5.91 Å². The van der Waals surface area contributed by atoms with Gasteiger partial charge in [-0.15, -0.1) is 0 Å². The molecule has 0 spiro atoms. The SMILES string of the molecule is CCOc1ccc(NC(=O)COC(=O)[C@@H]2CCCO2)cc1OCC. The molecule has 0 saturated carbocycles. The van der Waals surface area contributed by atoms with Crippen molar-refractivity contribution in [3.05, 3.63) is 18.2 Å². The minimum atomic E-state index is -0.548. The van der Waals surface area contributed by atoms with Crippen molar-refractivity contribution in [2.75, 3.05) is 31.7 Å². The number of carbonyl (C=O) groups excluding carboxylic acids is 2. The maximum Gasteiger partial charge on any atom is 0.335 e. The van der Waals surface area contributed by atoms with Crippen LogP contribution < -0.4 is 14.8 Å². The largest absolute Gasteiger partial charge is 0.490 e. The summed E-state index contributed by atoms with van der Waals surface area (Å²) in [5.74, 6) is 0.243. The Labute approximate surface area is 141 Å². The number of amides is 1. The highest BCUT2D eigenvalue weighted by Gasteiger charge is 2.25. The first kappa shape index (κ1) is 18.1. The van der Waals surface area contributed by atoms with E-state index in [0.29, 0.717) is 43.4 Å². The highest BCUT2D eigenvalue weighted by Crippen LogP contribution is 2.30. The van der Waals surface area contributed by atoms with Gasteiger partial charge >= 0.3 is 5.97 Å². The summed E-state index contributed by atoms with van der Waals surface area (Å²) in [6.45, 7) is 4.95. The first-order valence-corrected chi connectivity index (χ1v) is 8.11. The van der Waals surface area contributed by atoms with Crippen LogP contribution in [0.4, 0.5) is 5.69 Å². The Bertz CT molecular complexity index is 568. The minimum absolute atomic E-state index is 0.351. The van der Waals surface area contributed by atoms with E-state index >= 15 is 0 Å². The number of carbonyl (C=O) groups is 2. The van der Waals surface area contributed by atoms with E-state index in [1.54, 1.807) is 18.2 Å². The fourth-order valence-electron chi connectivity index (χ4n) is 2.32. The van der Waals surface area contributed by atoms with Crippen LogP contribution in [0.5, 0.6) is 11.5 Å². The second-order valence-corrected chi connectivity index (χ2v) is 5.19. The highest BCUT2D eigenvalue weighted by molar-refractivity contribution is 5.93. The Kier molecular flexibility index (Phi) is 6.87. The van der Waals surface area contributed by atoms with Crippen LogP contribution >= 0.6 is 0 Å². The van der Waals surface area contributed by atoms with Gasteiger partial charge in [-0.3, -0.25) is 4.79 Å². The van der Waals surface area contributed by atoms with Crippen LogP contribution in [0.1, 0.15) is 26.7 Å².